The minimum absolute atomic E-state index is 0.00496. The molecule has 2 amide bonds. The van der Waals surface area contributed by atoms with Crippen molar-refractivity contribution in [3.05, 3.63) is 0 Å². The molecule has 0 saturated carbocycles. The highest BCUT2D eigenvalue weighted by molar-refractivity contribution is 6.19. The van der Waals surface area contributed by atoms with Gasteiger partial charge in [-0.15, -0.1) is 11.6 Å². The number of hydrogen-bond donors (Lipinski definition) is 2. The highest BCUT2D eigenvalue weighted by Gasteiger charge is 2.10. The fourth-order valence-electron chi connectivity index (χ4n) is 0.820. The summed E-state index contributed by atoms with van der Waals surface area (Å²) in [5, 5.41) is 5.40. The Hall–Kier alpha value is -0.770. The first-order chi connectivity index (χ1) is 6.99. The van der Waals surface area contributed by atoms with Gasteiger partial charge in [0.25, 0.3) is 0 Å². The van der Waals surface area contributed by atoms with Gasteiger partial charge in [0.05, 0.1) is 0 Å². The highest BCUT2D eigenvalue weighted by atomic mass is 35.5. The molecule has 88 valence electrons. The Kier molecular flexibility index (Phi) is 7.13. The smallest absolute Gasteiger partial charge is 0.224 e. The minimum Gasteiger partial charge on any atom is -0.354 e. The third-order valence-electron chi connectivity index (χ3n) is 1.93. The Bertz CT molecular complexity index is 219. The Morgan fingerprint density at radius 3 is 1.93 bits per heavy atom. The maximum atomic E-state index is 11.2. The van der Waals surface area contributed by atoms with Gasteiger partial charge >= 0.3 is 0 Å². The van der Waals surface area contributed by atoms with Crippen LogP contribution >= 0.6 is 11.6 Å². The van der Waals surface area contributed by atoms with Crippen LogP contribution in [0.2, 0.25) is 0 Å². The van der Waals surface area contributed by atoms with Crippen molar-refractivity contribution in [1.82, 2.24) is 10.6 Å². The van der Waals surface area contributed by atoms with Crippen molar-refractivity contribution in [3.8, 4) is 0 Å². The summed E-state index contributed by atoms with van der Waals surface area (Å²) in [7, 11) is 0. The van der Waals surface area contributed by atoms with Gasteiger partial charge in [-0.3, -0.25) is 9.59 Å². The molecule has 2 N–H and O–H groups in total. The van der Waals surface area contributed by atoms with E-state index in [2.05, 4.69) is 10.6 Å². The number of carbonyl (C=O) groups is 2. The molecule has 0 saturated heterocycles. The van der Waals surface area contributed by atoms with E-state index in [1.165, 1.54) is 0 Å². The number of nitrogens with one attached hydrogen (secondary N) is 2. The van der Waals surface area contributed by atoms with Gasteiger partial charge in [-0.2, -0.15) is 0 Å². The molecule has 0 aromatic carbocycles. The Balaban J connectivity index is 3.55. The molecule has 0 aliphatic rings. The molecule has 0 heterocycles. The van der Waals surface area contributed by atoms with Crippen LogP contribution in [0.25, 0.3) is 0 Å². The first-order valence-corrected chi connectivity index (χ1v) is 5.63. The highest BCUT2D eigenvalue weighted by Crippen LogP contribution is 1.96. The summed E-state index contributed by atoms with van der Waals surface area (Å²) in [6.07, 6.45) is 0. The van der Waals surface area contributed by atoms with Gasteiger partial charge in [-0.1, -0.05) is 20.8 Å². The van der Waals surface area contributed by atoms with E-state index in [1.54, 1.807) is 6.92 Å². The lowest BCUT2D eigenvalue weighted by atomic mass is 10.2. The van der Waals surface area contributed by atoms with E-state index in [-0.39, 0.29) is 23.7 Å². The van der Waals surface area contributed by atoms with Gasteiger partial charge in [0.2, 0.25) is 11.8 Å². The van der Waals surface area contributed by atoms with Crippen molar-refractivity contribution in [2.24, 2.45) is 11.8 Å². The Morgan fingerprint density at radius 2 is 1.53 bits per heavy atom. The van der Waals surface area contributed by atoms with Crippen molar-refractivity contribution < 1.29 is 9.59 Å². The van der Waals surface area contributed by atoms with E-state index in [0.717, 1.165) is 0 Å². The summed E-state index contributed by atoms with van der Waals surface area (Å²) in [5.41, 5.74) is 0. The van der Waals surface area contributed by atoms with Gasteiger partial charge in [0.15, 0.2) is 0 Å². The summed E-state index contributed by atoms with van der Waals surface area (Å²) < 4.78 is 0. The van der Waals surface area contributed by atoms with Gasteiger partial charge < -0.3 is 10.6 Å². The molecule has 4 nitrogen and oxygen atoms in total. The van der Waals surface area contributed by atoms with Gasteiger partial charge in [-0.05, 0) is 0 Å². The second-order valence-corrected chi connectivity index (χ2v) is 4.10. The third-order valence-corrected chi connectivity index (χ3v) is 2.39. The quantitative estimate of drug-likeness (QED) is 0.526. The van der Waals surface area contributed by atoms with Crippen molar-refractivity contribution >= 4 is 23.4 Å². The summed E-state index contributed by atoms with van der Waals surface area (Å²) >= 11 is 5.52. The molecule has 5 heteroatoms. The van der Waals surface area contributed by atoms with Crippen molar-refractivity contribution in [1.29, 1.82) is 0 Å². The predicted octanol–water partition coefficient (Wildman–Crippen LogP) is 0.750. The molecule has 0 rings (SSSR count). The number of rotatable bonds is 6. The number of amides is 2. The molecule has 0 aliphatic carbocycles. The molecule has 0 aromatic rings. The zero-order chi connectivity index (χ0) is 11.8. The van der Waals surface area contributed by atoms with E-state index in [0.29, 0.717) is 19.0 Å². The normalized spacial score (nSPS) is 12.3. The maximum Gasteiger partial charge on any atom is 0.224 e. The number of hydrogen-bond acceptors (Lipinski definition) is 2. The van der Waals surface area contributed by atoms with Crippen LogP contribution in [0.5, 0.6) is 0 Å². The van der Waals surface area contributed by atoms with E-state index in [1.807, 2.05) is 13.8 Å². The Morgan fingerprint density at radius 1 is 1.07 bits per heavy atom. The van der Waals surface area contributed by atoms with Crippen LogP contribution < -0.4 is 10.6 Å². The second kappa shape index (κ2) is 7.51. The van der Waals surface area contributed by atoms with Crippen LogP contribution in [-0.2, 0) is 9.59 Å². The van der Waals surface area contributed by atoms with Crippen LogP contribution in [0.15, 0.2) is 0 Å². The first-order valence-electron chi connectivity index (χ1n) is 5.10. The van der Waals surface area contributed by atoms with E-state index >= 15 is 0 Å². The minimum atomic E-state index is -0.188. The largest absolute Gasteiger partial charge is 0.354 e. The van der Waals surface area contributed by atoms with Crippen LogP contribution in [0.3, 0.4) is 0 Å². The fraction of sp³-hybridized carbons (Fsp3) is 0.800. The lowest BCUT2D eigenvalue weighted by Gasteiger charge is -2.10. The summed E-state index contributed by atoms with van der Waals surface area (Å²) in [6, 6.07) is 0. The van der Waals surface area contributed by atoms with Crippen molar-refractivity contribution in [3.63, 3.8) is 0 Å². The average molecular weight is 235 g/mol. The molecule has 0 spiro atoms. The second-order valence-electron chi connectivity index (χ2n) is 3.79. The fourth-order valence-corrected chi connectivity index (χ4v) is 0.960. The molecule has 1 unspecified atom stereocenters. The Labute approximate surface area is 95.7 Å². The van der Waals surface area contributed by atoms with E-state index in [4.69, 9.17) is 11.6 Å². The SMILES string of the molecule is CC(C)C(=O)NCCNC(=O)C(C)CCl. The topological polar surface area (TPSA) is 58.2 Å². The van der Waals surface area contributed by atoms with Crippen LogP contribution in [-0.4, -0.2) is 30.8 Å². The lowest BCUT2D eigenvalue weighted by Crippen LogP contribution is -2.38. The maximum absolute atomic E-state index is 11.2. The molecule has 0 aromatic heterocycles. The standard InChI is InChI=1S/C10H19ClN2O2/c1-7(2)9(14)12-4-5-13-10(15)8(3)6-11/h7-8H,4-6H2,1-3H3,(H,12,14)(H,13,15). The number of carbonyl (C=O) groups excluding carboxylic acids is 2. The lowest BCUT2D eigenvalue weighted by molar-refractivity contribution is -0.125. The first kappa shape index (κ1) is 14.2. The summed E-state index contributed by atoms with van der Waals surface area (Å²) in [6.45, 7) is 6.30. The number of alkyl halides is 1. The molecule has 1 atom stereocenters. The van der Waals surface area contributed by atoms with Crippen molar-refractivity contribution in [2.75, 3.05) is 19.0 Å². The predicted molar refractivity (Wildman–Crippen MR) is 60.7 cm³/mol. The zero-order valence-corrected chi connectivity index (χ0v) is 10.2. The average Bonchev–Trinajstić information content (AvgIpc) is 2.22. The van der Waals surface area contributed by atoms with Crippen LogP contribution in [0.1, 0.15) is 20.8 Å². The summed E-state index contributed by atoms with van der Waals surface area (Å²) in [5.74, 6) is 0.0119. The third kappa shape index (κ3) is 6.33. The molecular formula is C10H19ClN2O2. The number of halogens is 1. The molecule has 0 radical (unpaired) electrons. The molecular weight excluding hydrogens is 216 g/mol. The van der Waals surface area contributed by atoms with Gasteiger partial charge in [0.1, 0.15) is 0 Å². The summed E-state index contributed by atoms with van der Waals surface area (Å²) in [4.78, 5) is 22.4. The monoisotopic (exact) mass is 234 g/mol. The van der Waals surface area contributed by atoms with Gasteiger partial charge in [-0.25, -0.2) is 0 Å². The van der Waals surface area contributed by atoms with E-state index < -0.39 is 0 Å². The van der Waals surface area contributed by atoms with Crippen LogP contribution in [0.4, 0.5) is 0 Å². The molecule has 0 fully saturated rings. The zero-order valence-electron chi connectivity index (χ0n) is 9.47. The molecule has 15 heavy (non-hydrogen) atoms. The van der Waals surface area contributed by atoms with Crippen LogP contribution in [0, 0.1) is 11.8 Å². The molecule has 0 aliphatic heterocycles. The van der Waals surface area contributed by atoms with Gasteiger partial charge in [0, 0.05) is 30.8 Å². The molecule has 0 bridgehead atoms. The van der Waals surface area contributed by atoms with E-state index in [9.17, 15) is 9.59 Å². The van der Waals surface area contributed by atoms with Crippen molar-refractivity contribution in [2.45, 2.75) is 20.8 Å².